The summed E-state index contributed by atoms with van der Waals surface area (Å²) < 4.78 is 43.9. The van der Waals surface area contributed by atoms with Crippen molar-refractivity contribution in [2.75, 3.05) is 11.1 Å². The molecule has 1 amide bonds. The molecule has 13 heteroatoms. The number of amides is 1. The van der Waals surface area contributed by atoms with E-state index >= 15 is 0 Å². The number of benzene rings is 2. The lowest BCUT2D eigenvalue weighted by atomic mass is 9.70. The van der Waals surface area contributed by atoms with Gasteiger partial charge in [0.05, 0.1) is 33.2 Å². The molecule has 6 nitrogen and oxygen atoms in total. The molecule has 208 valence electrons. The Morgan fingerprint density at radius 1 is 1.15 bits per heavy atom. The third-order valence-corrected chi connectivity index (χ3v) is 9.03. The van der Waals surface area contributed by atoms with Crippen LogP contribution in [0.1, 0.15) is 26.7 Å². The summed E-state index contributed by atoms with van der Waals surface area (Å²) in [6.07, 6.45) is -5.36. The number of rotatable bonds is 7. The fourth-order valence-corrected chi connectivity index (χ4v) is 6.43. The maximum absolute atomic E-state index is 14.6. The van der Waals surface area contributed by atoms with Crippen molar-refractivity contribution in [2.45, 2.75) is 24.7 Å². The highest BCUT2D eigenvalue weighted by Crippen LogP contribution is 2.52. The monoisotopic (exact) mass is 625 g/mol. The Bertz CT molecular complexity index is 1520. The van der Waals surface area contributed by atoms with E-state index in [-0.39, 0.29) is 21.0 Å². The largest absolute Gasteiger partial charge is 0.437 e. The van der Waals surface area contributed by atoms with Gasteiger partial charge in [-0.1, -0.05) is 65.3 Å². The molecule has 2 heterocycles. The van der Waals surface area contributed by atoms with E-state index < -0.39 is 46.2 Å². The topological polar surface area (TPSA) is 102 Å². The van der Waals surface area contributed by atoms with Gasteiger partial charge in [-0.05, 0) is 47.7 Å². The van der Waals surface area contributed by atoms with Crippen molar-refractivity contribution >= 4 is 63.7 Å². The van der Waals surface area contributed by atoms with E-state index in [1.807, 2.05) is 11.4 Å². The van der Waals surface area contributed by atoms with Crippen LogP contribution in [-0.2, 0) is 4.79 Å². The fourth-order valence-electron chi connectivity index (χ4n) is 4.39. The number of allylic oxidation sites excluding steroid dienone is 1. The van der Waals surface area contributed by atoms with Crippen molar-refractivity contribution < 1.29 is 27.9 Å². The summed E-state index contributed by atoms with van der Waals surface area (Å²) in [5.41, 5.74) is -3.01. The molecule has 0 aliphatic carbocycles. The van der Waals surface area contributed by atoms with Gasteiger partial charge in [0.2, 0.25) is 11.6 Å². The van der Waals surface area contributed by atoms with E-state index in [1.54, 1.807) is 31.2 Å². The average Bonchev–Trinajstić information content (AvgIpc) is 3.44. The summed E-state index contributed by atoms with van der Waals surface area (Å²) in [6.45, 7) is 1.69. The number of halogens is 5. The number of anilines is 1. The van der Waals surface area contributed by atoms with E-state index in [2.05, 4.69) is 5.32 Å². The third-order valence-electron chi connectivity index (χ3n) is 6.37. The van der Waals surface area contributed by atoms with Gasteiger partial charge in [0.15, 0.2) is 5.78 Å². The van der Waals surface area contributed by atoms with Crippen molar-refractivity contribution in [3.05, 3.63) is 96.6 Å². The van der Waals surface area contributed by atoms with Crippen LogP contribution in [0.25, 0.3) is 0 Å². The number of hydrogen-bond donors (Lipinski definition) is 3. The Hall–Kier alpha value is -3.01. The number of aliphatic hydroxyl groups is 1. The summed E-state index contributed by atoms with van der Waals surface area (Å²) in [6, 6.07) is 15.5. The molecule has 40 heavy (non-hydrogen) atoms. The number of nitrogens with one attached hydrogen (secondary N) is 2. The van der Waals surface area contributed by atoms with E-state index in [1.165, 1.54) is 35.7 Å². The van der Waals surface area contributed by atoms with Crippen LogP contribution in [0.3, 0.4) is 0 Å². The highest BCUT2D eigenvalue weighted by atomic mass is 35.5. The van der Waals surface area contributed by atoms with Crippen molar-refractivity contribution in [1.82, 2.24) is 5.32 Å². The Kier molecular flexibility index (Phi) is 8.87. The molecule has 3 aromatic rings. The van der Waals surface area contributed by atoms with Crippen LogP contribution >= 0.6 is 46.3 Å². The molecule has 0 spiro atoms. The lowest BCUT2D eigenvalue weighted by molar-refractivity contribution is -0.285. The van der Waals surface area contributed by atoms with Crippen molar-refractivity contribution in [1.29, 1.82) is 5.26 Å². The summed E-state index contributed by atoms with van der Waals surface area (Å²) in [5.74, 6) is -5.82. The number of carbonyl (C=O) groups is 2. The van der Waals surface area contributed by atoms with Gasteiger partial charge in [-0.2, -0.15) is 18.4 Å². The normalized spacial score (nSPS) is 20.9. The molecular formula is C27H20Cl2F3N3O3S2. The molecular weight excluding hydrogens is 606 g/mol. The number of nitriles is 1. The highest BCUT2D eigenvalue weighted by Gasteiger charge is 2.66. The van der Waals surface area contributed by atoms with E-state index in [4.69, 9.17) is 23.2 Å². The second-order valence-electron chi connectivity index (χ2n) is 8.81. The van der Waals surface area contributed by atoms with Crippen LogP contribution in [-0.4, -0.2) is 34.5 Å². The standard InChI is InChI=1S/C27H20Cl2F3N3O3S2/c1-14-17(28)8-4-9-19(14)34-21(36)13-40-25-16(12-33)22(15-6-2-3-7-18(15)29)23(24(37)20-10-5-11-39-20)26(38,35-25)27(30,31)32/h2-11,22-23,35,38H,13H2,1H3,(H,34,36)/t22-,23+,26-/m0/s1. The number of nitrogens with zero attached hydrogens (tertiary/aromatic N) is 1. The third kappa shape index (κ3) is 5.73. The minimum absolute atomic E-state index is 0.00850. The number of Topliss-reactive ketones (excluding diaryl/α,β-unsaturated/α-hetero) is 1. The first-order valence-corrected chi connectivity index (χ1v) is 14.2. The Morgan fingerprint density at radius 2 is 1.85 bits per heavy atom. The molecule has 0 unspecified atom stereocenters. The van der Waals surface area contributed by atoms with Crippen LogP contribution in [0.2, 0.25) is 10.0 Å². The summed E-state index contributed by atoms with van der Waals surface area (Å²) >= 11 is 14.0. The molecule has 3 atom stereocenters. The zero-order chi connectivity index (χ0) is 29.2. The van der Waals surface area contributed by atoms with Gasteiger partial charge < -0.3 is 15.7 Å². The predicted molar refractivity (Wildman–Crippen MR) is 150 cm³/mol. The number of thioether (sulfide) groups is 1. The van der Waals surface area contributed by atoms with E-state index in [9.17, 15) is 33.1 Å². The summed E-state index contributed by atoms with van der Waals surface area (Å²) in [7, 11) is 0. The van der Waals surface area contributed by atoms with Gasteiger partial charge in [0.1, 0.15) is 0 Å². The number of hydrogen-bond acceptors (Lipinski definition) is 7. The molecule has 0 radical (unpaired) electrons. The van der Waals surface area contributed by atoms with Crippen molar-refractivity contribution in [3.8, 4) is 6.07 Å². The predicted octanol–water partition coefficient (Wildman–Crippen LogP) is 6.91. The maximum Gasteiger partial charge on any atom is 0.437 e. The SMILES string of the molecule is Cc1c(Cl)cccc1NC(=O)CSC1=C(C#N)[C@H](c2ccccc2Cl)[C@H](C(=O)c2cccs2)[C@](O)(C(F)(F)F)N1. The zero-order valence-corrected chi connectivity index (χ0v) is 23.7. The maximum atomic E-state index is 14.6. The molecule has 1 aromatic heterocycles. The molecule has 1 aliphatic rings. The number of thiophene rings is 1. The van der Waals surface area contributed by atoms with Crippen LogP contribution in [0.4, 0.5) is 18.9 Å². The molecule has 0 fully saturated rings. The van der Waals surface area contributed by atoms with Crippen LogP contribution in [0.5, 0.6) is 0 Å². The van der Waals surface area contributed by atoms with Gasteiger partial charge in [-0.25, -0.2) is 0 Å². The van der Waals surface area contributed by atoms with Gasteiger partial charge in [-0.15, -0.1) is 11.3 Å². The average molecular weight is 627 g/mol. The fraction of sp³-hybridized carbons (Fsp3) is 0.222. The summed E-state index contributed by atoms with van der Waals surface area (Å²) in [5, 5.41) is 27.6. The van der Waals surface area contributed by atoms with Crippen LogP contribution in [0.15, 0.2) is 70.6 Å². The Labute approximate surface area is 245 Å². The second kappa shape index (κ2) is 11.8. The molecule has 1 aliphatic heterocycles. The lowest BCUT2D eigenvalue weighted by Gasteiger charge is -2.45. The molecule has 0 bridgehead atoms. The number of alkyl halides is 3. The van der Waals surface area contributed by atoms with Crippen LogP contribution in [0, 0.1) is 24.2 Å². The molecule has 0 saturated heterocycles. The number of carbonyl (C=O) groups excluding carboxylic acids is 2. The van der Waals surface area contributed by atoms with E-state index in [0.717, 1.165) is 11.3 Å². The number of ketones is 1. The molecule has 4 rings (SSSR count). The van der Waals surface area contributed by atoms with Crippen molar-refractivity contribution in [3.63, 3.8) is 0 Å². The molecule has 2 aromatic carbocycles. The van der Waals surface area contributed by atoms with Gasteiger partial charge in [0, 0.05) is 21.7 Å². The Balaban J connectivity index is 1.80. The minimum Gasteiger partial charge on any atom is -0.363 e. The lowest BCUT2D eigenvalue weighted by Crippen LogP contribution is -2.66. The minimum atomic E-state index is -5.36. The quantitative estimate of drug-likeness (QED) is 0.247. The first-order valence-electron chi connectivity index (χ1n) is 11.6. The van der Waals surface area contributed by atoms with Crippen LogP contribution < -0.4 is 10.6 Å². The first-order chi connectivity index (χ1) is 18.9. The van der Waals surface area contributed by atoms with Gasteiger partial charge >= 0.3 is 6.18 Å². The van der Waals surface area contributed by atoms with Gasteiger partial charge in [0.25, 0.3) is 0 Å². The Morgan fingerprint density at radius 3 is 2.48 bits per heavy atom. The van der Waals surface area contributed by atoms with E-state index in [0.29, 0.717) is 28.0 Å². The van der Waals surface area contributed by atoms with Crippen molar-refractivity contribution in [2.24, 2.45) is 5.92 Å². The molecule has 0 saturated carbocycles. The second-order valence-corrected chi connectivity index (χ2v) is 11.6. The van der Waals surface area contributed by atoms with Gasteiger partial charge in [-0.3, -0.25) is 9.59 Å². The summed E-state index contributed by atoms with van der Waals surface area (Å²) in [4.78, 5) is 26.3. The smallest absolute Gasteiger partial charge is 0.363 e. The molecule has 3 N–H and O–H groups in total. The zero-order valence-electron chi connectivity index (χ0n) is 20.6. The first kappa shape index (κ1) is 30.0. The highest BCUT2D eigenvalue weighted by molar-refractivity contribution is 8.03.